The molecule has 0 spiro atoms. The van der Waals surface area contributed by atoms with Crippen LogP contribution >= 0.6 is 0 Å². The van der Waals surface area contributed by atoms with Gasteiger partial charge in [-0.05, 0) is 18.6 Å². The van der Waals surface area contributed by atoms with Crippen molar-refractivity contribution < 1.29 is 4.79 Å². The van der Waals surface area contributed by atoms with Gasteiger partial charge in [-0.2, -0.15) is 0 Å². The Bertz CT molecular complexity index is 491. The predicted molar refractivity (Wildman–Crippen MR) is 83.9 cm³/mol. The van der Waals surface area contributed by atoms with Gasteiger partial charge in [0.2, 0.25) is 0 Å². The number of amides is 1. The summed E-state index contributed by atoms with van der Waals surface area (Å²) in [6, 6.07) is 7.57. The molecule has 1 aromatic carbocycles. The molecule has 0 bridgehead atoms. The fourth-order valence-electron chi connectivity index (χ4n) is 1.52. The van der Waals surface area contributed by atoms with Crippen LogP contribution in [0, 0.1) is 11.5 Å². The Morgan fingerprint density at radius 3 is 2.58 bits per heavy atom. The predicted octanol–water partition coefficient (Wildman–Crippen LogP) is 3.45. The van der Waals surface area contributed by atoms with E-state index in [9.17, 15) is 4.79 Å². The van der Waals surface area contributed by atoms with Crippen LogP contribution in [0.4, 0.5) is 0 Å². The highest BCUT2D eigenvalue weighted by Crippen LogP contribution is 2.08. The Morgan fingerprint density at radius 1 is 1.26 bits per heavy atom. The minimum Gasteiger partial charge on any atom is -0.352 e. The van der Waals surface area contributed by atoms with Crippen LogP contribution in [0.5, 0.6) is 0 Å². The lowest BCUT2D eigenvalue weighted by Gasteiger charge is -2.07. The summed E-state index contributed by atoms with van der Waals surface area (Å²) in [5, 5.41) is 2.94. The molecule has 102 valence electrons. The summed E-state index contributed by atoms with van der Waals surface area (Å²) in [5.74, 6) is 3.16. The van der Waals surface area contributed by atoms with Crippen LogP contribution in [0.15, 0.2) is 24.3 Å². The number of carbonyl (C=O) groups is 1. The van der Waals surface area contributed by atoms with Gasteiger partial charge in [0.1, 0.15) is 8.07 Å². The van der Waals surface area contributed by atoms with Gasteiger partial charge in [0.05, 0.1) is 5.56 Å². The largest absolute Gasteiger partial charge is 0.352 e. The Kier molecular flexibility index (Phi) is 5.84. The summed E-state index contributed by atoms with van der Waals surface area (Å²) in [5.41, 5.74) is 4.83. The van der Waals surface area contributed by atoms with Gasteiger partial charge in [0.15, 0.2) is 0 Å². The van der Waals surface area contributed by atoms with Crippen molar-refractivity contribution in [2.45, 2.75) is 39.4 Å². The molecule has 0 heterocycles. The maximum atomic E-state index is 12.1. The smallest absolute Gasteiger partial charge is 0.252 e. The molecular weight excluding hydrogens is 250 g/mol. The molecule has 0 aliphatic carbocycles. The van der Waals surface area contributed by atoms with E-state index in [1.165, 1.54) is 0 Å². The average molecular weight is 273 g/mol. The second-order valence-electron chi connectivity index (χ2n) is 5.66. The molecule has 0 aromatic heterocycles. The first-order valence-corrected chi connectivity index (χ1v) is 10.3. The van der Waals surface area contributed by atoms with Crippen molar-refractivity contribution in [3.63, 3.8) is 0 Å². The minimum absolute atomic E-state index is 0.0195. The number of benzene rings is 1. The first-order valence-electron chi connectivity index (χ1n) is 6.84. The quantitative estimate of drug-likeness (QED) is 0.508. The summed E-state index contributed by atoms with van der Waals surface area (Å²) >= 11 is 0. The van der Waals surface area contributed by atoms with Crippen LogP contribution in [-0.4, -0.2) is 20.5 Å². The molecule has 0 aliphatic rings. The van der Waals surface area contributed by atoms with Crippen LogP contribution in [0.25, 0.3) is 0 Å². The zero-order chi connectivity index (χ0) is 14.3. The highest BCUT2D eigenvalue weighted by molar-refractivity contribution is 6.83. The van der Waals surface area contributed by atoms with E-state index in [4.69, 9.17) is 0 Å². The highest BCUT2D eigenvalue weighted by atomic mass is 28.3. The van der Waals surface area contributed by atoms with Crippen LogP contribution in [-0.2, 0) is 0 Å². The SMILES string of the molecule is CCCCNC(=O)c1ccccc1C#C[Si](C)(C)C. The number of unbranched alkanes of at least 4 members (excludes halogenated alkanes) is 1. The Morgan fingerprint density at radius 2 is 1.95 bits per heavy atom. The molecular formula is C16H23NOSi. The Balaban J connectivity index is 2.89. The van der Waals surface area contributed by atoms with Crippen molar-refractivity contribution in [3.8, 4) is 11.5 Å². The van der Waals surface area contributed by atoms with Gasteiger partial charge in [0.25, 0.3) is 5.91 Å². The molecule has 0 radical (unpaired) electrons. The number of hydrogen-bond acceptors (Lipinski definition) is 1. The van der Waals surface area contributed by atoms with E-state index >= 15 is 0 Å². The minimum atomic E-state index is -1.42. The average Bonchev–Trinajstić information content (AvgIpc) is 2.36. The standard InChI is InChI=1S/C16H23NOSi/c1-5-6-12-17-16(18)15-10-8-7-9-14(15)11-13-19(2,3)4/h7-10H,5-6,12H2,1-4H3,(H,17,18). The summed E-state index contributed by atoms with van der Waals surface area (Å²) in [7, 11) is -1.42. The third-order valence-electron chi connectivity index (χ3n) is 2.56. The Labute approximate surface area is 117 Å². The molecule has 3 heteroatoms. The fraction of sp³-hybridized carbons (Fsp3) is 0.438. The topological polar surface area (TPSA) is 29.1 Å². The van der Waals surface area contributed by atoms with Crippen molar-refractivity contribution in [2.75, 3.05) is 6.54 Å². The molecule has 0 atom stereocenters. The van der Waals surface area contributed by atoms with Crippen molar-refractivity contribution in [3.05, 3.63) is 35.4 Å². The molecule has 0 unspecified atom stereocenters. The first kappa shape index (κ1) is 15.5. The van der Waals surface area contributed by atoms with E-state index in [0.717, 1.165) is 24.9 Å². The van der Waals surface area contributed by atoms with Crippen LogP contribution in [0.3, 0.4) is 0 Å². The number of carbonyl (C=O) groups excluding carboxylic acids is 1. The normalized spacial score (nSPS) is 10.5. The lowest BCUT2D eigenvalue weighted by molar-refractivity contribution is 0.0953. The number of hydrogen-bond donors (Lipinski definition) is 1. The third kappa shape index (κ3) is 5.76. The lowest BCUT2D eigenvalue weighted by Crippen LogP contribution is -2.25. The third-order valence-corrected chi connectivity index (χ3v) is 3.43. The summed E-state index contributed by atoms with van der Waals surface area (Å²) in [4.78, 5) is 12.1. The highest BCUT2D eigenvalue weighted by Gasteiger charge is 2.11. The van der Waals surface area contributed by atoms with Gasteiger partial charge in [0, 0.05) is 12.1 Å². The zero-order valence-corrected chi connectivity index (χ0v) is 13.3. The second-order valence-corrected chi connectivity index (χ2v) is 10.4. The first-order chi connectivity index (χ1) is 8.94. The van der Waals surface area contributed by atoms with E-state index in [1.807, 2.05) is 24.3 Å². The summed E-state index contributed by atoms with van der Waals surface area (Å²) < 4.78 is 0. The van der Waals surface area contributed by atoms with Crippen LogP contribution in [0.1, 0.15) is 35.7 Å². The van der Waals surface area contributed by atoms with Crippen LogP contribution in [0.2, 0.25) is 19.6 Å². The van der Waals surface area contributed by atoms with E-state index < -0.39 is 8.07 Å². The summed E-state index contributed by atoms with van der Waals surface area (Å²) in [6.45, 7) is 9.43. The van der Waals surface area contributed by atoms with E-state index in [0.29, 0.717) is 5.56 Å². The van der Waals surface area contributed by atoms with Gasteiger partial charge in [-0.15, -0.1) is 5.54 Å². The van der Waals surface area contributed by atoms with Gasteiger partial charge in [-0.1, -0.05) is 51.0 Å². The van der Waals surface area contributed by atoms with E-state index in [-0.39, 0.29) is 5.91 Å². The molecule has 1 N–H and O–H groups in total. The number of nitrogens with one attached hydrogen (secondary N) is 1. The van der Waals surface area contributed by atoms with Gasteiger partial charge >= 0.3 is 0 Å². The molecule has 0 fully saturated rings. The van der Waals surface area contributed by atoms with Crippen molar-refractivity contribution in [1.29, 1.82) is 0 Å². The molecule has 0 saturated heterocycles. The zero-order valence-electron chi connectivity index (χ0n) is 12.3. The van der Waals surface area contributed by atoms with Crippen molar-refractivity contribution in [2.24, 2.45) is 0 Å². The number of rotatable bonds is 4. The Hall–Kier alpha value is -1.53. The van der Waals surface area contributed by atoms with Gasteiger partial charge in [-0.3, -0.25) is 4.79 Å². The van der Waals surface area contributed by atoms with E-state index in [2.05, 4.69) is 43.3 Å². The molecule has 0 aliphatic heterocycles. The van der Waals surface area contributed by atoms with Crippen LogP contribution < -0.4 is 5.32 Å². The second kappa shape index (κ2) is 7.15. The maximum absolute atomic E-state index is 12.1. The van der Waals surface area contributed by atoms with E-state index in [1.54, 1.807) is 0 Å². The summed E-state index contributed by atoms with van der Waals surface area (Å²) in [6.07, 6.45) is 2.09. The molecule has 1 amide bonds. The molecule has 2 nitrogen and oxygen atoms in total. The lowest BCUT2D eigenvalue weighted by atomic mass is 10.1. The molecule has 1 aromatic rings. The van der Waals surface area contributed by atoms with Crippen molar-refractivity contribution >= 4 is 14.0 Å². The van der Waals surface area contributed by atoms with Crippen molar-refractivity contribution in [1.82, 2.24) is 5.32 Å². The maximum Gasteiger partial charge on any atom is 0.252 e. The monoisotopic (exact) mass is 273 g/mol. The molecule has 19 heavy (non-hydrogen) atoms. The molecule has 1 rings (SSSR count). The van der Waals surface area contributed by atoms with Gasteiger partial charge in [-0.25, -0.2) is 0 Å². The molecule has 0 saturated carbocycles. The fourth-order valence-corrected chi connectivity index (χ4v) is 2.03. The van der Waals surface area contributed by atoms with Gasteiger partial charge < -0.3 is 5.32 Å².